The van der Waals surface area contributed by atoms with Crippen LogP contribution in [0.5, 0.6) is 5.75 Å². The molecule has 0 aliphatic rings. The molecule has 206 valence electrons. The van der Waals surface area contributed by atoms with E-state index in [1.54, 1.807) is 79.0 Å². The second-order valence-electron chi connectivity index (χ2n) is 8.85. The molecule has 0 radical (unpaired) electrons. The maximum atomic E-state index is 13.6. The number of nitrogens with zero attached hydrogens (tertiary/aromatic N) is 2. The van der Waals surface area contributed by atoms with Crippen LogP contribution in [-0.2, 0) is 27.9 Å². The molecule has 1 amide bonds. The molecule has 40 heavy (non-hydrogen) atoms. The molecule has 10 heteroatoms. The summed E-state index contributed by atoms with van der Waals surface area (Å²) in [4.78, 5) is 29.0. The molecule has 0 saturated carbocycles. The summed E-state index contributed by atoms with van der Waals surface area (Å²) in [5.41, 5.74) is 1.91. The van der Waals surface area contributed by atoms with E-state index >= 15 is 0 Å². The van der Waals surface area contributed by atoms with Crippen LogP contribution in [0.4, 0.5) is 0 Å². The van der Waals surface area contributed by atoms with Crippen LogP contribution in [0.25, 0.3) is 0 Å². The molecular formula is C30H29N3O6S. The summed E-state index contributed by atoms with van der Waals surface area (Å²) >= 11 is 0. The molecule has 0 fully saturated rings. The van der Waals surface area contributed by atoms with Gasteiger partial charge in [-0.1, -0.05) is 48.5 Å². The number of sulfonamides is 1. The van der Waals surface area contributed by atoms with E-state index in [0.717, 1.165) is 0 Å². The number of carbonyl (C=O) groups excluding carboxylic acids is 1. The van der Waals surface area contributed by atoms with Crippen molar-refractivity contribution in [2.75, 3.05) is 6.61 Å². The van der Waals surface area contributed by atoms with Crippen molar-refractivity contribution in [3.05, 3.63) is 126 Å². The van der Waals surface area contributed by atoms with Crippen molar-refractivity contribution in [2.45, 2.75) is 31.0 Å². The zero-order valence-corrected chi connectivity index (χ0v) is 22.6. The summed E-state index contributed by atoms with van der Waals surface area (Å²) in [5, 5.41) is 12.1. The van der Waals surface area contributed by atoms with Crippen molar-refractivity contribution in [1.29, 1.82) is 0 Å². The molecule has 1 aromatic heterocycles. The van der Waals surface area contributed by atoms with Gasteiger partial charge in [0.1, 0.15) is 5.75 Å². The lowest BCUT2D eigenvalue weighted by Crippen LogP contribution is -2.33. The first-order chi connectivity index (χ1) is 19.3. The zero-order valence-electron chi connectivity index (χ0n) is 21.8. The number of aromatic nitrogens is 1. The van der Waals surface area contributed by atoms with Gasteiger partial charge in [-0.05, 0) is 66.6 Å². The lowest BCUT2D eigenvalue weighted by molar-refractivity contribution is -0.139. The Morgan fingerprint density at radius 2 is 1.57 bits per heavy atom. The minimum absolute atomic E-state index is 0.0236. The molecule has 0 spiro atoms. The number of ether oxygens (including phenoxy) is 1. The standard InChI is InChI=1S/C30H29N3O6S/c1-2-39-26-15-17-27(18-16-26)40(37,38)33(21-25-10-6-7-19-31-25)20-22-11-13-24(14-12-22)29(34)32-28(30(35)36)23-8-4-3-5-9-23/h3-19,28H,2,20-21H2,1H3,(H,32,34)(H,35,36). The van der Waals surface area contributed by atoms with Gasteiger partial charge in [0, 0.05) is 18.3 Å². The van der Waals surface area contributed by atoms with E-state index in [-0.39, 0.29) is 23.5 Å². The lowest BCUT2D eigenvalue weighted by atomic mass is 10.1. The predicted molar refractivity (Wildman–Crippen MR) is 149 cm³/mol. The van der Waals surface area contributed by atoms with E-state index in [1.165, 1.54) is 28.6 Å². The molecule has 2 N–H and O–H groups in total. The molecule has 4 rings (SSSR count). The van der Waals surface area contributed by atoms with Gasteiger partial charge in [0.25, 0.3) is 5.91 Å². The molecule has 4 aromatic rings. The van der Waals surface area contributed by atoms with E-state index in [4.69, 9.17) is 4.74 Å². The molecule has 9 nitrogen and oxygen atoms in total. The number of aliphatic carboxylic acids is 1. The van der Waals surface area contributed by atoms with Crippen LogP contribution >= 0.6 is 0 Å². The number of nitrogens with one attached hydrogen (secondary N) is 1. The van der Waals surface area contributed by atoms with Crippen LogP contribution in [0.2, 0.25) is 0 Å². The highest BCUT2D eigenvalue weighted by molar-refractivity contribution is 7.89. The molecule has 1 atom stereocenters. The van der Waals surface area contributed by atoms with Crippen LogP contribution in [0.15, 0.2) is 108 Å². The number of rotatable bonds is 12. The molecule has 0 saturated heterocycles. The minimum Gasteiger partial charge on any atom is -0.494 e. The zero-order chi connectivity index (χ0) is 28.5. The maximum absolute atomic E-state index is 13.6. The first kappa shape index (κ1) is 28.5. The number of hydrogen-bond acceptors (Lipinski definition) is 6. The van der Waals surface area contributed by atoms with Crippen LogP contribution in [0.3, 0.4) is 0 Å². The molecule has 1 unspecified atom stereocenters. The van der Waals surface area contributed by atoms with Gasteiger partial charge in [0.2, 0.25) is 10.0 Å². The number of hydrogen-bond donors (Lipinski definition) is 2. The third-order valence-electron chi connectivity index (χ3n) is 6.07. The summed E-state index contributed by atoms with van der Waals surface area (Å²) in [5.74, 6) is -1.17. The van der Waals surface area contributed by atoms with Crippen molar-refractivity contribution in [1.82, 2.24) is 14.6 Å². The van der Waals surface area contributed by atoms with Gasteiger partial charge in [-0.25, -0.2) is 13.2 Å². The fourth-order valence-electron chi connectivity index (χ4n) is 4.03. The third kappa shape index (κ3) is 7.10. The van der Waals surface area contributed by atoms with Crippen LogP contribution < -0.4 is 10.1 Å². The predicted octanol–water partition coefficient (Wildman–Crippen LogP) is 4.43. The Balaban J connectivity index is 1.54. The van der Waals surface area contributed by atoms with E-state index in [1.807, 2.05) is 6.92 Å². The van der Waals surface area contributed by atoms with E-state index in [9.17, 15) is 23.1 Å². The summed E-state index contributed by atoms with van der Waals surface area (Å²) in [6, 6.07) is 25.1. The highest BCUT2D eigenvalue weighted by Crippen LogP contribution is 2.23. The Bertz CT molecular complexity index is 1530. The SMILES string of the molecule is CCOc1ccc(S(=O)(=O)N(Cc2ccc(C(=O)NC(C(=O)O)c3ccccc3)cc2)Cc2ccccn2)cc1. The molecular weight excluding hydrogens is 530 g/mol. The number of carboxylic acid groups (broad SMARTS) is 1. The van der Waals surface area contributed by atoms with Gasteiger partial charge in [0.15, 0.2) is 6.04 Å². The van der Waals surface area contributed by atoms with Crippen molar-refractivity contribution in [3.8, 4) is 5.75 Å². The van der Waals surface area contributed by atoms with E-state index < -0.39 is 27.9 Å². The Labute approximate surface area is 233 Å². The normalized spacial score (nSPS) is 12.1. The Morgan fingerprint density at radius 1 is 0.900 bits per heavy atom. The first-order valence-electron chi connectivity index (χ1n) is 12.6. The number of pyridine rings is 1. The van der Waals surface area contributed by atoms with Gasteiger partial charge < -0.3 is 15.2 Å². The molecule has 0 aliphatic carbocycles. The highest BCUT2D eigenvalue weighted by Gasteiger charge is 2.26. The van der Waals surface area contributed by atoms with Crippen molar-refractivity contribution < 1.29 is 27.9 Å². The largest absolute Gasteiger partial charge is 0.494 e. The van der Waals surface area contributed by atoms with E-state index in [2.05, 4.69) is 10.3 Å². The van der Waals surface area contributed by atoms with Gasteiger partial charge in [-0.15, -0.1) is 0 Å². The highest BCUT2D eigenvalue weighted by atomic mass is 32.2. The molecule has 0 bridgehead atoms. The topological polar surface area (TPSA) is 126 Å². The third-order valence-corrected chi connectivity index (χ3v) is 7.87. The number of benzene rings is 3. The van der Waals surface area contributed by atoms with Gasteiger partial charge in [-0.3, -0.25) is 9.78 Å². The lowest BCUT2D eigenvalue weighted by Gasteiger charge is -2.22. The fourth-order valence-corrected chi connectivity index (χ4v) is 5.43. The Kier molecular flexibility index (Phi) is 9.26. The van der Waals surface area contributed by atoms with E-state index in [0.29, 0.717) is 29.2 Å². The summed E-state index contributed by atoms with van der Waals surface area (Å²) < 4.78 is 34.0. The van der Waals surface area contributed by atoms with Crippen molar-refractivity contribution in [3.63, 3.8) is 0 Å². The Morgan fingerprint density at radius 3 is 2.17 bits per heavy atom. The van der Waals surface area contributed by atoms with Gasteiger partial charge in [-0.2, -0.15) is 4.31 Å². The number of amides is 1. The average molecular weight is 560 g/mol. The summed E-state index contributed by atoms with van der Waals surface area (Å²) in [7, 11) is -3.92. The molecule has 3 aromatic carbocycles. The molecule has 1 heterocycles. The quantitative estimate of drug-likeness (QED) is 0.263. The smallest absolute Gasteiger partial charge is 0.330 e. The van der Waals surface area contributed by atoms with Crippen LogP contribution in [-0.4, -0.2) is 41.3 Å². The monoisotopic (exact) mass is 559 g/mol. The van der Waals surface area contributed by atoms with Gasteiger partial charge in [0.05, 0.1) is 23.7 Å². The average Bonchev–Trinajstić information content (AvgIpc) is 2.97. The number of carbonyl (C=O) groups is 2. The fraction of sp³-hybridized carbons (Fsp3) is 0.167. The first-order valence-corrected chi connectivity index (χ1v) is 14.0. The maximum Gasteiger partial charge on any atom is 0.330 e. The van der Waals surface area contributed by atoms with Crippen LogP contribution in [0, 0.1) is 0 Å². The van der Waals surface area contributed by atoms with Crippen molar-refractivity contribution in [2.24, 2.45) is 0 Å². The minimum atomic E-state index is -3.92. The second-order valence-corrected chi connectivity index (χ2v) is 10.8. The number of carboxylic acids is 1. The summed E-state index contributed by atoms with van der Waals surface area (Å²) in [6.45, 7) is 2.38. The summed E-state index contributed by atoms with van der Waals surface area (Å²) in [6.07, 6.45) is 1.60. The molecule has 0 aliphatic heterocycles. The van der Waals surface area contributed by atoms with Crippen molar-refractivity contribution >= 4 is 21.9 Å². The Hall–Kier alpha value is -4.54. The van der Waals surface area contributed by atoms with Gasteiger partial charge >= 0.3 is 5.97 Å². The second kappa shape index (κ2) is 13.0. The van der Waals surface area contributed by atoms with Crippen LogP contribution in [0.1, 0.15) is 40.1 Å².